The summed E-state index contributed by atoms with van der Waals surface area (Å²) >= 11 is 0. The molecule has 1 spiro atoms. The lowest BCUT2D eigenvalue weighted by Crippen LogP contribution is -2.54. The first kappa shape index (κ1) is 17.5. The minimum Gasteiger partial charge on any atom is -0.358 e. The number of rotatable bonds is 4. The second-order valence-corrected chi connectivity index (χ2v) is 8.25. The van der Waals surface area contributed by atoms with Crippen LogP contribution in [0.1, 0.15) is 37.0 Å². The number of hydrogen-bond donors (Lipinski definition) is 0. The van der Waals surface area contributed by atoms with Gasteiger partial charge in [0.2, 0.25) is 10.0 Å². The van der Waals surface area contributed by atoms with Crippen molar-refractivity contribution in [3.8, 4) is 0 Å². The number of ether oxygens (including phenoxy) is 1. The second kappa shape index (κ2) is 6.55. The number of benzene rings is 1. The summed E-state index contributed by atoms with van der Waals surface area (Å²) in [5.41, 5.74) is -0.207. The number of sulfonamides is 1. The van der Waals surface area contributed by atoms with E-state index in [9.17, 15) is 13.2 Å². The van der Waals surface area contributed by atoms with Gasteiger partial charge in [0.05, 0.1) is 11.5 Å². The van der Waals surface area contributed by atoms with Crippen molar-refractivity contribution in [2.45, 2.75) is 37.3 Å². The van der Waals surface area contributed by atoms with Crippen LogP contribution < -0.4 is 0 Å². The summed E-state index contributed by atoms with van der Waals surface area (Å²) in [5.74, 6) is -0.0770. The molecule has 2 saturated heterocycles. The molecule has 2 fully saturated rings. The van der Waals surface area contributed by atoms with Crippen LogP contribution in [0.2, 0.25) is 0 Å². The van der Waals surface area contributed by atoms with Crippen molar-refractivity contribution in [1.29, 1.82) is 0 Å². The highest BCUT2D eigenvalue weighted by Gasteiger charge is 2.50. The first-order valence-electron chi connectivity index (χ1n) is 8.39. The fraction of sp³-hybridized carbons (Fsp3) is 0.588. The van der Waals surface area contributed by atoms with Crippen LogP contribution in [0.3, 0.4) is 0 Å². The minimum absolute atomic E-state index is 0.0770. The fourth-order valence-electron chi connectivity index (χ4n) is 3.53. The van der Waals surface area contributed by atoms with Crippen LogP contribution >= 0.6 is 0 Å². The zero-order valence-corrected chi connectivity index (χ0v) is 15.0. The molecule has 24 heavy (non-hydrogen) atoms. The maximum absolute atomic E-state index is 13.1. The molecule has 0 radical (unpaired) electrons. The van der Waals surface area contributed by atoms with E-state index in [2.05, 4.69) is 11.8 Å². The Balaban J connectivity index is 1.87. The SMILES string of the molecule is CCN1CCC2(CC1)OCCN2S(=O)(=O)c1ccc(C(C)=O)cc1. The van der Waals surface area contributed by atoms with Gasteiger partial charge in [0.1, 0.15) is 5.72 Å². The Hall–Kier alpha value is -1.28. The van der Waals surface area contributed by atoms with E-state index in [0.717, 1.165) is 19.6 Å². The van der Waals surface area contributed by atoms with Crippen LogP contribution in [0.4, 0.5) is 0 Å². The highest BCUT2D eigenvalue weighted by Crippen LogP contribution is 2.38. The van der Waals surface area contributed by atoms with E-state index in [4.69, 9.17) is 4.74 Å². The van der Waals surface area contributed by atoms with Crippen LogP contribution in [-0.4, -0.2) is 61.9 Å². The summed E-state index contributed by atoms with van der Waals surface area (Å²) in [6.07, 6.45) is 1.37. The Bertz CT molecular complexity index is 707. The Morgan fingerprint density at radius 2 is 1.79 bits per heavy atom. The third-order valence-corrected chi connectivity index (χ3v) is 7.02. The molecule has 2 heterocycles. The molecular weight excluding hydrogens is 328 g/mol. The van der Waals surface area contributed by atoms with Crippen molar-refractivity contribution in [2.75, 3.05) is 32.8 Å². The van der Waals surface area contributed by atoms with Gasteiger partial charge in [-0.2, -0.15) is 4.31 Å². The number of Topliss-reactive ketones (excluding diaryl/α,β-unsaturated/α-hetero) is 1. The van der Waals surface area contributed by atoms with Gasteiger partial charge >= 0.3 is 0 Å². The highest BCUT2D eigenvalue weighted by atomic mass is 32.2. The lowest BCUT2D eigenvalue weighted by atomic mass is 10.0. The Kier molecular flexibility index (Phi) is 4.79. The predicted octanol–water partition coefficient (Wildman–Crippen LogP) is 1.72. The number of hydrogen-bond acceptors (Lipinski definition) is 5. The zero-order valence-electron chi connectivity index (χ0n) is 14.2. The van der Waals surface area contributed by atoms with Crippen molar-refractivity contribution >= 4 is 15.8 Å². The molecule has 0 aliphatic carbocycles. The summed E-state index contributed by atoms with van der Waals surface area (Å²) in [5, 5.41) is 0. The van der Waals surface area contributed by atoms with Gasteiger partial charge in [0.25, 0.3) is 0 Å². The monoisotopic (exact) mass is 352 g/mol. The van der Waals surface area contributed by atoms with Crippen LogP contribution in [-0.2, 0) is 14.8 Å². The maximum atomic E-state index is 13.1. The van der Waals surface area contributed by atoms with Gasteiger partial charge in [0.15, 0.2) is 5.78 Å². The molecule has 1 aromatic rings. The van der Waals surface area contributed by atoms with Crippen LogP contribution in [0, 0.1) is 0 Å². The molecule has 0 amide bonds. The number of carbonyl (C=O) groups excluding carboxylic acids is 1. The molecule has 0 aromatic heterocycles. The number of piperidine rings is 1. The number of nitrogens with zero attached hydrogens (tertiary/aromatic N) is 2. The summed E-state index contributed by atoms with van der Waals surface area (Å²) in [4.78, 5) is 13.9. The van der Waals surface area contributed by atoms with Crippen LogP contribution in [0.15, 0.2) is 29.2 Å². The minimum atomic E-state index is -3.63. The molecule has 7 heteroatoms. The Morgan fingerprint density at radius 3 is 2.33 bits per heavy atom. The van der Waals surface area contributed by atoms with E-state index < -0.39 is 15.7 Å². The highest BCUT2D eigenvalue weighted by molar-refractivity contribution is 7.89. The molecular formula is C17H24N2O4S. The van der Waals surface area contributed by atoms with Gasteiger partial charge < -0.3 is 9.64 Å². The number of ketones is 1. The molecule has 0 atom stereocenters. The Morgan fingerprint density at radius 1 is 1.17 bits per heavy atom. The molecule has 0 bridgehead atoms. The summed E-state index contributed by atoms with van der Waals surface area (Å²) in [6.45, 7) is 7.03. The predicted molar refractivity (Wildman–Crippen MR) is 90.4 cm³/mol. The first-order chi connectivity index (χ1) is 11.4. The van der Waals surface area contributed by atoms with E-state index in [1.54, 1.807) is 12.1 Å². The normalized spacial score (nSPS) is 22.1. The molecule has 0 saturated carbocycles. The van der Waals surface area contributed by atoms with E-state index in [1.807, 2.05) is 0 Å². The lowest BCUT2D eigenvalue weighted by molar-refractivity contribution is -0.0899. The molecule has 2 aliphatic rings. The van der Waals surface area contributed by atoms with Crippen molar-refractivity contribution in [1.82, 2.24) is 9.21 Å². The van der Waals surface area contributed by atoms with Gasteiger partial charge in [-0.15, -0.1) is 0 Å². The first-order valence-corrected chi connectivity index (χ1v) is 9.83. The number of carbonyl (C=O) groups is 1. The quantitative estimate of drug-likeness (QED) is 0.772. The van der Waals surface area contributed by atoms with Crippen molar-refractivity contribution in [3.63, 3.8) is 0 Å². The van der Waals surface area contributed by atoms with Gasteiger partial charge in [-0.1, -0.05) is 19.1 Å². The molecule has 0 N–H and O–H groups in total. The standard InChI is InChI=1S/C17H24N2O4S/c1-3-18-10-8-17(9-11-18)19(12-13-23-17)24(21,22)16-6-4-15(5-7-16)14(2)20/h4-7H,3,8-13H2,1-2H3. The number of likely N-dealkylation sites (tertiary alicyclic amines) is 1. The zero-order chi connectivity index (χ0) is 17.4. The molecule has 6 nitrogen and oxygen atoms in total. The topological polar surface area (TPSA) is 66.9 Å². The lowest BCUT2D eigenvalue weighted by Gasteiger charge is -2.42. The smallest absolute Gasteiger partial charge is 0.245 e. The van der Waals surface area contributed by atoms with Crippen LogP contribution in [0.5, 0.6) is 0 Å². The van der Waals surface area contributed by atoms with E-state index >= 15 is 0 Å². The van der Waals surface area contributed by atoms with Crippen LogP contribution in [0.25, 0.3) is 0 Å². The van der Waals surface area contributed by atoms with Gasteiger partial charge in [-0.25, -0.2) is 8.42 Å². The van der Waals surface area contributed by atoms with Crippen molar-refractivity contribution in [3.05, 3.63) is 29.8 Å². The third-order valence-electron chi connectivity index (χ3n) is 5.05. The fourth-order valence-corrected chi connectivity index (χ4v) is 5.26. The van der Waals surface area contributed by atoms with E-state index in [-0.39, 0.29) is 10.7 Å². The molecule has 2 aliphatic heterocycles. The summed E-state index contributed by atoms with van der Waals surface area (Å²) in [7, 11) is -3.63. The Labute approximate surface area is 143 Å². The van der Waals surface area contributed by atoms with Crippen molar-refractivity contribution < 1.29 is 17.9 Å². The summed E-state index contributed by atoms with van der Waals surface area (Å²) in [6, 6.07) is 6.16. The second-order valence-electron chi connectivity index (χ2n) is 6.39. The van der Waals surface area contributed by atoms with E-state index in [0.29, 0.717) is 31.6 Å². The average molecular weight is 352 g/mol. The summed E-state index contributed by atoms with van der Waals surface area (Å²) < 4.78 is 33.6. The van der Waals surface area contributed by atoms with Gasteiger partial charge in [0, 0.05) is 38.0 Å². The average Bonchev–Trinajstić information content (AvgIpc) is 3.00. The van der Waals surface area contributed by atoms with Gasteiger partial charge in [-0.05, 0) is 25.6 Å². The maximum Gasteiger partial charge on any atom is 0.245 e. The molecule has 1 aromatic carbocycles. The molecule has 0 unspecified atom stereocenters. The van der Waals surface area contributed by atoms with Crippen molar-refractivity contribution in [2.24, 2.45) is 0 Å². The van der Waals surface area contributed by atoms with Gasteiger partial charge in [-0.3, -0.25) is 4.79 Å². The molecule has 132 valence electrons. The van der Waals surface area contributed by atoms with E-state index in [1.165, 1.54) is 23.4 Å². The molecule has 3 rings (SSSR count). The third kappa shape index (κ3) is 3.01. The largest absolute Gasteiger partial charge is 0.358 e.